The Morgan fingerprint density at radius 1 is 1.06 bits per heavy atom. The minimum atomic E-state index is -0.345. The first kappa shape index (κ1) is 26.5. The van der Waals surface area contributed by atoms with Crippen molar-refractivity contribution in [2.75, 3.05) is 24.4 Å². The van der Waals surface area contributed by atoms with Crippen LogP contribution in [0.4, 0.5) is 11.4 Å². The Hall–Kier alpha value is -2.74. The van der Waals surface area contributed by atoms with Crippen molar-refractivity contribution in [3.8, 4) is 11.5 Å². The third-order valence-electron chi connectivity index (χ3n) is 4.46. The van der Waals surface area contributed by atoms with E-state index in [1.54, 1.807) is 13.2 Å². The number of halogens is 1. The molecule has 0 aliphatic carbocycles. The topological polar surface area (TPSA) is 88.7 Å². The predicted molar refractivity (Wildman–Crippen MR) is 136 cm³/mol. The minimum absolute atomic E-state index is 0.0121. The normalized spacial score (nSPS) is 11.2. The van der Waals surface area contributed by atoms with Crippen LogP contribution >= 0.6 is 15.9 Å². The molecule has 2 rings (SSSR count). The largest absolute Gasteiger partial charge is 0.493 e. The van der Waals surface area contributed by atoms with Gasteiger partial charge in [-0.15, -0.1) is 0 Å². The summed E-state index contributed by atoms with van der Waals surface area (Å²) in [5, 5.41) is 9.17. The van der Waals surface area contributed by atoms with E-state index < -0.39 is 0 Å². The summed E-state index contributed by atoms with van der Waals surface area (Å²) in [6, 6.07) is 11.2. The number of hydrogen-bond donors (Lipinski definition) is 3. The molecule has 8 heteroatoms. The van der Waals surface area contributed by atoms with Gasteiger partial charge < -0.3 is 25.4 Å². The van der Waals surface area contributed by atoms with E-state index >= 15 is 0 Å². The maximum absolute atomic E-state index is 12.3. The summed E-state index contributed by atoms with van der Waals surface area (Å²) in [5.41, 5.74) is 2.03. The molecule has 0 fully saturated rings. The van der Waals surface area contributed by atoms with Crippen molar-refractivity contribution in [1.82, 2.24) is 5.32 Å². The van der Waals surface area contributed by atoms with Gasteiger partial charge in [0.15, 0.2) is 18.1 Å². The van der Waals surface area contributed by atoms with Crippen molar-refractivity contribution in [1.29, 1.82) is 0 Å². The SMILES string of the molecule is COc1ccc(Br)c(CNc2cccc(NC(=O)CC(C)C)c2)c1OCC(=O)NC(C)(C)C. The lowest BCUT2D eigenvalue weighted by molar-refractivity contribution is -0.124. The molecule has 0 unspecified atom stereocenters. The molecule has 0 aromatic heterocycles. The molecule has 2 aromatic carbocycles. The molecule has 3 N–H and O–H groups in total. The second-order valence-electron chi connectivity index (χ2n) is 9.22. The molecule has 180 valence electrons. The minimum Gasteiger partial charge on any atom is -0.493 e. The van der Waals surface area contributed by atoms with E-state index in [9.17, 15) is 9.59 Å². The molecular weight excluding hydrogens is 486 g/mol. The number of amides is 2. The van der Waals surface area contributed by atoms with Crippen molar-refractivity contribution in [3.05, 3.63) is 46.4 Å². The third-order valence-corrected chi connectivity index (χ3v) is 5.20. The Morgan fingerprint density at radius 2 is 1.76 bits per heavy atom. The highest BCUT2D eigenvalue weighted by atomic mass is 79.9. The van der Waals surface area contributed by atoms with Crippen LogP contribution in [0.3, 0.4) is 0 Å². The number of hydrogen-bond acceptors (Lipinski definition) is 5. The maximum Gasteiger partial charge on any atom is 0.258 e. The van der Waals surface area contributed by atoms with Crippen LogP contribution in [0.15, 0.2) is 40.9 Å². The number of benzene rings is 2. The van der Waals surface area contributed by atoms with Gasteiger partial charge >= 0.3 is 0 Å². The summed E-state index contributed by atoms with van der Waals surface area (Å²) in [5.74, 6) is 1.09. The van der Waals surface area contributed by atoms with Crippen LogP contribution in [0.5, 0.6) is 11.5 Å². The van der Waals surface area contributed by atoms with Crippen LogP contribution in [0, 0.1) is 5.92 Å². The maximum atomic E-state index is 12.3. The number of carbonyl (C=O) groups is 2. The lowest BCUT2D eigenvalue weighted by Gasteiger charge is -2.22. The zero-order chi connectivity index (χ0) is 24.6. The second kappa shape index (κ2) is 11.9. The molecule has 0 atom stereocenters. The molecule has 0 aliphatic rings. The third kappa shape index (κ3) is 8.96. The Labute approximate surface area is 204 Å². The van der Waals surface area contributed by atoms with Crippen molar-refractivity contribution in [2.24, 2.45) is 5.92 Å². The van der Waals surface area contributed by atoms with Gasteiger partial charge in [-0.25, -0.2) is 0 Å². The van der Waals surface area contributed by atoms with Gasteiger partial charge in [-0.3, -0.25) is 9.59 Å². The first-order valence-electron chi connectivity index (χ1n) is 10.9. The molecule has 0 saturated carbocycles. The quantitative estimate of drug-likeness (QED) is 0.393. The zero-order valence-corrected chi connectivity index (χ0v) is 21.8. The number of ether oxygens (including phenoxy) is 2. The standard InChI is InChI=1S/C25H34BrN3O4/c1-16(2)12-22(30)28-18-9-7-8-17(13-18)27-14-19-20(26)10-11-21(32-6)24(19)33-15-23(31)29-25(3,4)5/h7-11,13,16,27H,12,14-15H2,1-6H3,(H,28,30)(H,29,31). The molecule has 0 saturated heterocycles. The van der Waals surface area contributed by atoms with Crippen LogP contribution in [-0.2, 0) is 16.1 Å². The van der Waals surface area contributed by atoms with Gasteiger partial charge in [0.05, 0.1) is 7.11 Å². The highest BCUT2D eigenvalue weighted by molar-refractivity contribution is 9.10. The summed E-state index contributed by atoms with van der Waals surface area (Å²) < 4.78 is 12.2. The second-order valence-corrected chi connectivity index (χ2v) is 10.1. The van der Waals surface area contributed by atoms with Gasteiger partial charge in [-0.2, -0.15) is 0 Å². The molecule has 0 heterocycles. The monoisotopic (exact) mass is 519 g/mol. The molecule has 2 aromatic rings. The number of rotatable bonds is 10. The van der Waals surface area contributed by atoms with E-state index in [1.807, 2.05) is 65.0 Å². The summed E-state index contributed by atoms with van der Waals surface area (Å²) in [7, 11) is 1.56. The van der Waals surface area contributed by atoms with Crippen molar-refractivity contribution in [2.45, 2.75) is 53.1 Å². The summed E-state index contributed by atoms with van der Waals surface area (Å²) in [6.07, 6.45) is 0.470. The number of anilines is 2. The molecule has 0 spiro atoms. The Kier molecular flexibility index (Phi) is 9.58. The molecule has 33 heavy (non-hydrogen) atoms. The number of methoxy groups -OCH3 is 1. The van der Waals surface area contributed by atoms with E-state index in [4.69, 9.17) is 9.47 Å². The van der Waals surface area contributed by atoms with Crippen LogP contribution < -0.4 is 25.4 Å². The Balaban J connectivity index is 2.15. The molecular formula is C25H34BrN3O4. The van der Waals surface area contributed by atoms with Crippen LogP contribution in [0.2, 0.25) is 0 Å². The first-order chi connectivity index (χ1) is 15.5. The van der Waals surface area contributed by atoms with E-state index in [-0.39, 0.29) is 24.0 Å². The molecule has 2 amide bonds. The fourth-order valence-corrected chi connectivity index (χ4v) is 3.59. The van der Waals surface area contributed by atoms with Crippen LogP contribution in [-0.4, -0.2) is 31.1 Å². The summed E-state index contributed by atoms with van der Waals surface area (Å²) >= 11 is 3.58. The predicted octanol–water partition coefficient (Wildman–Crippen LogP) is 5.35. The van der Waals surface area contributed by atoms with Gasteiger partial charge in [0.2, 0.25) is 5.91 Å². The van der Waals surface area contributed by atoms with Gasteiger partial charge in [0.1, 0.15) is 0 Å². The lowest BCUT2D eigenvalue weighted by atomic mass is 10.1. The molecule has 7 nitrogen and oxygen atoms in total. The Bertz CT molecular complexity index is 971. The molecule has 0 radical (unpaired) electrons. The first-order valence-corrected chi connectivity index (χ1v) is 11.7. The van der Waals surface area contributed by atoms with E-state index in [0.717, 1.165) is 21.4 Å². The lowest BCUT2D eigenvalue weighted by Crippen LogP contribution is -2.43. The molecule has 0 aliphatic heterocycles. The van der Waals surface area contributed by atoms with E-state index in [0.29, 0.717) is 30.4 Å². The summed E-state index contributed by atoms with van der Waals surface area (Å²) in [4.78, 5) is 24.3. The average molecular weight is 520 g/mol. The highest BCUT2D eigenvalue weighted by Gasteiger charge is 2.18. The van der Waals surface area contributed by atoms with Gasteiger partial charge in [0.25, 0.3) is 5.91 Å². The van der Waals surface area contributed by atoms with Crippen molar-refractivity contribution >= 4 is 39.1 Å². The van der Waals surface area contributed by atoms with Crippen molar-refractivity contribution < 1.29 is 19.1 Å². The van der Waals surface area contributed by atoms with Gasteiger partial charge in [-0.1, -0.05) is 35.8 Å². The number of carbonyl (C=O) groups excluding carboxylic acids is 2. The fourth-order valence-electron chi connectivity index (χ4n) is 3.14. The average Bonchev–Trinajstić information content (AvgIpc) is 2.69. The van der Waals surface area contributed by atoms with E-state index in [2.05, 4.69) is 31.9 Å². The van der Waals surface area contributed by atoms with Gasteiger partial charge in [0, 0.05) is 39.9 Å². The zero-order valence-electron chi connectivity index (χ0n) is 20.2. The van der Waals surface area contributed by atoms with Crippen LogP contribution in [0.25, 0.3) is 0 Å². The molecule has 0 bridgehead atoms. The van der Waals surface area contributed by atoms with Crippen LogP contribution in [0.1, 0.15) is 46.6 Å². The smallest absolute Gasteiger partial charge is 0.258 e. The van der Waals surface area contributed by atoms with Gasteiger partial charge in [-0.05, 0) is 57.0 Å². The van der Waals surface area contributed by atoms with E-state index in [1.165, 1.54) is 0 Å². The van der Waals surface area contributed by atoms with Crippen molar-refractivity contribution in [3.63, 3.8) is 0 Å². The summed E-state index contributed by atoms with van der Waals surface area (Å²) in [6.45, 7) is 10.1. The number of nitrogens with one attached hydrogen (secondary N) is 3. The fraction of sp³-hybridized carbons (Fsp3) is 0.440. The Morgan fingerprint density at radius 3 is 2.39 bits per heavy atom. The highest BCUT2D eigenvalue weighted by Crippen LogP contribution is 2.37.